The van der Waals surface area contributed by atoms with Crippen LogP contribution in [0.4, 0.5) is 0 Å². The molecule has 0 aromatic heterocycles. The van der Waals surface area contributed by atoms with Gasteiger partial charge in [0.1, 0.15) is 13.2 Å². The Morgan fingerprint density at radius 1 is 0.333 bits per heavy atom. The Labute approximate surface area is 391 Å². The van der Waals surface area contributed by atoms with Crippen molar-refractivity contribution in [3.05, 3.63) is 36.5 Å². The summed E-state index contributed by atoms with van der Waals surface area (Å²) in [4.78, 5) is 38.0. The van der Waals surface area contributed by atoms with Gasteiger partial charge in [-0.3, -0.25) is 14.4 Å². The van der Waals surface area contributed by atoms with Gasteiger partial charge >= 0.3 is 17.9 Å². The third-order valence-corrected chi connectivity index (χ3v) is 12.2. The molecule has 1 atom stereocenters. The van der Waals surface area contributed by atoms with Crippen molar-refractivity contribution >= 4 is 17.9 Å². The van der Waals surface area contributed by atoms with E-state index in [0.29, 0.717) is 19.3 Å². The van der Waals surface area contributed by atoms with Crippen LogP contribution in [-0.4, -0.2) is 37.2 Å². The molecule has 0 saturated heterocycles. The first-order valence-corrected chi connectivity index (χ1v) is 27.5. The van der Waals surface area contributed by atoms with Crippen LogP contribution in [-0.2, 0) is 28.6 Å². The van der Waals surface area contributed by atoms with Crippen LogP contribution in [0.3, 0.4) is 0 Å². The molecule has 368 valence electrons. The zero-order valence-corrected chi connectivity index (χ0v) is 42.1. The molecule has 0 rings (SSSR count). The SMILES string of the molecule is CC/C=C\C/C=C\C/C=C\CCCCCCCCC(=O)OC(COC(=O)CCCCCCCCCCCCCC)COC(=O)CCCCCCCCCCCCCCCCCCC. The van der Waals surface area contributed by atoms with Gasteiger partial charge in [0.15, 0.2) is 6.10 Å². The normalized spacial score (nSPS) is 12.2. The summed E-state index contributed by atoms with van der Waals surface area (Å²) in [6.45, 7) is 6.55. The van der Waals surface area contributed by atoms with Gasteiger partial charge < -0.3 is 14.2 Å². The zero-order chi connectivity index (χ0) is 45.8. The fourth-order valence-electron chi connectivity index (χ4n) is 8.05. The lowest BCUT2D eigenvalue weighted by molar-refractivity contribution is -0.167. The molecule has 0 saturated carbocycles. The molecule has 0 aliphatic carbocycles. The lowest BCUT2D eigenvalue weighted by Gasteiger charge is -2.18. The summed E-state index contributed by atoms with van der Waals surface area (Å²) in [7, 11) is 0. The van der Waals surface area contributed by atoms with E-state index in [-0.39, 0.29) is 31.1 Å². The lowest BCUT2D eigenvalue weighted by Crippen LogP contribution is -2.30. The molecule has 0 amide bonds. The van der Waals surface area contributed by atoms with Crippen LogP contribution in [0.2, 0.25) is 0 Å². The number of carbonyl (C=O) groups is 3. The van der Waals surface area contributed by atoms with Crippen molar-refractivity contribution in [3.8, 4) is 0 Å². The fourth-order valence-corrected chi connectivity index (χ4v) is 8.05. The van der Waals surface area contributed by atoms with Crippen LogP contribution < -0.4 is 0 Å². The highest BCUT2D eigenvalue weighted by Gasteiger charge is 2.19. The summed E-state index contributed by atoms with van der Waals surface area (Å²) in [5, 5.41) is 0. The molecular weight excluding hydrogens is 781 g/mol. The highest BCUT2D eigenvalue weighted by molar-refractivity contribution is 5.71. The minimum Gasteiger partial charge on any atom is -0.462 e. The zero-order valence-electron chi connectivity index (χ0n) is 42.1. The average molecular weight is 885 g/mol. The smallest absolute Gasteiger partial charge is 0.306 e. The minimum absolute atomic E-state index is 0.0730. The average Bonchev–Trinajstić information content (AvgIpc) is 3.28. The van der Waals surface area contributed by atoms with Crippen LogP contribution in [0.15, 0.2) is 36.5 Å². The standard InChI is InChI=1S/C57H104O6/c1-4-7-10-13-16-19-22-25-27-29-31-32-35-38-41-44-47-50-56(59)62-53-54(52-61-55(58)49-46-43-40-37-34-24-21-18-15-12-9-6-3)63-57(60)51-48-45-42-39-36-33-30-28-26-23-20-17-14-11-8-5-2/h8,11,17,20,26,28,54H,4-7,9-10,12-16,18-19,21-25,27,29-53H2,1-3H3/b11-8-,20-17-,28-26-. The maximum atomic E-state index is 12.8. The first kappa shape index (κ1) is 60.6. The summed E-state index contributed by atoms with van der Waals surface area (Å²) < 4.78 is 16.8. The number of allylic oxidation sites excluding steroid dienone is 6. The van der Waals surface area contributed by atoms with Crippen molar-refractivity contribution in [2.24, 2.45) is 0 Å². The van der Waals surface area contributed by atoms with Crippen LogP contribution in [0, 0.1) is 0 Å². The highest BCUT2D eigenvalue weighted by atomic mass is 16.6. The van der Waals surface area contributed by atoms with E-state index >= 15 is 0 Å². The Morgan fingerprint density at radius 3 is 0.968 bits per heavy atom. The van der Waals surface area contributed by atoms with Gasteiger partial charge in [-0.15, -0.1) is 0 Å². The Kier molecular flexibility index (Phi) is 50.3. The van der Waals surface area contributed by atoms with Gasteiger partial charge in [0, 0.05) is 19.3 Å². The molecular formula is C57H104O6. The first-order valence-electron chi connectivity index (χ1n) is 27.5. The van der Waals surface area contributed by atoms with E-state index in [2.05, 4.69) is 57.2 Å². The largest absolute Gasteiger partial charge is 0.462 e. The van der Waals surface area contributed by atoms with Gasteiger partial charge in [-0.25, -0.2) is 0 Å². The molecule has 63 heavy (non-hydrogen) atoms. The third kappa shape index (κ3) is 50.5. The van der Waals surface area contributed by atoms with Gasteiger partial charge in [-0.1, -0.05) is 256 Å². The maximum absolute atomic E-state index is 12.8. The minimum atomic E-state index is -0.774. The quantitative estimate of drug-likeness (QED) is 0.0262. The summed E-state index contributed by atoms with van der Waals surface area (Å²) in [6.07, 6.45) is 61.3. The van der Waals surface area contributed by atoms with Crippen molar-refractivity contribution in [1.29, 1.82) is 0 Å². The number of esters is 3. The van der Waals surface area contributed by atoms with Crippen LogP contribution in [0.25, 0.3) is 0 Å². The number of unbranched alkanes of at least 4 members (excludes halogenated alkanes) is 33. The maximum Gasteiger partial charge on any atom is 0.306 e. The van der Waals surface area contributed by atoms with E-state index in [9.17, 15) is 14.4 Å². The molecule has 0 fully saturated rings. The second-order valence-corrected chi connectivity index (χ2v) is 18.5. The second-order valence-electron chi connectivity index (χ2n) is 18.5. The molecule has 0 aliphatic heterocycles. The number of rotatable bonds is 50. The number of ether oxygens (including phenoxy) is 3. The van der Waals surface area contributed by atoms with Gasteiger partial charge in [-0.05, 0) is 51.4 Å². The molecule has 0 aromatic carbocycles. The van der Waals surface area contributed by atoms with E-state index < -0.39 is 6.10 Å². The highest BCUT2D eigenvalue weighted by Crippen LogP contribution is 2.16. The summed E-state index contributed by atoms with van der Waals surface area (Å²) in [5.74, 6) is -0.870. The first-order chi connectivity index (χ1) is 31.0. The Morgan fingerprint density at radius 2 is 0.619 bits per heavy atom. The lowest BCUT2D eigenvalue weighted by atomic mass is 10.0. The van der Waals surface area contributed by atoms with Crippen LogP contribution >= 0.6 is 0 Å². The predicted octanol–water partition coefficient (Wildman–Crippen LogP) is 18.1. The molecule has 1 unspecified atom stereocenters. The van der Waals surface area contributed by atoms with Crippen LogP contribution in [0.5, 0.6) is 0 Å². The van der Waals surface area contributed by atoms with Crippen LogP contribution in [0.1, 0.15) is 290 Å². The second kappa shape index (κ2) is 52.3. The molecule has 6 heteroatoms. The van der Waals surface area contributed by atoms with Gasteiger partial charge in [0.2, 0.25) is 0 Å². The fraction of sp³-hybridized carbons (Fsp3) is 0.842. The third-order valence-electron chi connectivity index (χ3n) is 12.2. The Balaban J connectivity index is 4.34. The number of carbonyl (C=O) groups excluding carboxylic acids is 3. The van der Waals surface area contributed by atoms with Crippen molar-refractivity contribution in [2.75, 3.05) is 13.2 Å². The van der Waals surface area contributed by atoms with Crippen molar-refractivity contribution in [2.45, 2.75) is 297 Å². The van der Waals surface area contributed by atoms with Gasteiger partial charge in [-0.2, -0.15) is 0 Å². The van der Waals surface area contributed by atoms with E-state index in [4.69, 9.17) is 14.2 Å². The molecule has 0 aliphatic rings. The van der Waals surface area contributed by atoms with E-state index in [1.54, 1.807) is 0 Å². The molecule has 0 aromatic rings. The molecule has 0 spiro atoms. The topological polar surface area (TPSA) is 78.9 Å². The number of hydrogen-bond acceptors (Lipinski definition) is 6. The molecule has 0 N–H and O–H groups in total. The van der Waals surface area contributed by atoms with Crippen molar-refractivity contribution in [3.63, 3.8) is 0 Å². The predicted molar refractivity (Wildman–Crippen MR) is 270 cm³/mol. The Bertz CT molecular complexity index is 1060. The molecule has 6 nitrogen and oxygen atoms in total. The van der Waals surface area contributed by atoms with Crippen molar-refractivity contribution < 1.29 is 28.6 Å². The van der Waals surface area contributed by atoms with Gasteiger partial charge in [0.25, 0.3) is 0 Å². The van der Waals surface area contributed by atoms with E-state index in [0.717, 1.165) is 83.5 Å². The summed E-state index contributed by atoms with van der Waals surface area (Å²) >= 11 is 0. The van der Waals surface area contributed by atoms with E-state index in [1.807, 2.05) is 0 Å². The number of hydrogen-bond donors (Lipinski definition) is 0. The molecule has 0 heterocycles. The molecule has 0 radical (unpaired) electrons. The van der Waals surface area contributed by atoms with Crippen molar-refractivity contribution in [1.82, 2.24) is 0 Å². The Hall–Kier alpha value is -2.37. The molecule has 0 bridgehead atoms. The summed E-state index contributed by atoms with van der Waals surface area (Å²) in [6, 6.07) is 0. The van der Waals surface area contributed by atoms with Gasteiger partial charge in [0.05, 0.1) is 0 Å². The monoisotopic (exact) mass is 885 g/mol. The van der Waals surface area contributed by atoms with E-state index in [1.165, 1.54) is 167 Å². The summed E-state index contributed by atoms with van der Waals surface area (Å²) in [5.41, 5.74) is 0.